The van der Waals surface area contributed by atoms with Crippen molar-refractivity contribution in [1.29, 1.82) is 0 Å². The predicted molar refractivity (Wildman–Crippen MR) is 77.0 cm³/mol. The summed E-state index contributed by atoms with van der Waals surface area (Å²) in [5.41, 5.74) is 1.28. The van der Waals surface area contributed by atoms with Gasteiger partial charge in [0.2, 0.25) is 5.91 Å². The molecule has 5 nitrogen and oxygen atoms in total. The summed E-state index contributed by atoms with van der Waals surface area (Å²) in [7, 11) is 0. The topological polar surface area (TPSA) is 58.6 Å². The molecule has 1 saturated heterocycles. The Balaban J connectivity index is 1.81. The number of morpholine rings is 1. The summed E-state index contributed by atoms with van der Waals surface area (Å²) in [4.78, 5) is 25.4. The first kappa shape index (κ1) is 14.7. The fourth-order valence-corrected chi connectivity index (χ4v) is 2.12. The maximum atomic E-state index is 11.9. The van der Waals surface area contributed by atoms with Crippen LogP contribution in [0.1, 0.15) is 23.7 Å². The second-order valence-electron chi connectivity index (χ2n) is 4.89. The normalized spacial score (nSPS) is 15.8. The number of amides is 1. The Morgan fingerprint density at radius 2 is 2.05 bits per heavy atom. The smallest absolute Gasteiger partial charge is 0.225 e. The van der Waals surface area contributed by atoms with Crippen LogP contribution in [0.2, 0.25) is 0 Å². The Morgan fingerprint density at radius 3 is 2.75 bits per heavy atom. The fourth-order valence-electron chi connectivity index (χ4n) is 2.12. The van der Waals surface area contributed by atoms with Gasteiger partial charge in [0.1, 0.15) is 0 Å². The number of ketones is 1. The molecule has 1 fully saturated rings. The summed E-state index contributed by atoms with van der Waals surface area (Å²) in [6.45, 7) is 5.49. The number of hydrogen-bond donors (Lipinski definition) is 1. The number of Topliss-reactive ketones (excluding diaryl/α,β-unsaturated/α-hetero) is 1. The van der Waals surface area contributed by atoms with Crippen LogP contribution in [0, 0.1) is 0 Å². The van der Waals surface area contributed by atoms with E-state index >= 15 is 0 Å². The van der Waals surface area contributed by atoms with Crippen molar-refractivity contribution in [2.24, 2.45) is 0 Å². The van der Waals surface area contributed by atoms with Crippen molar-refractivity contribution in [3.63, 3.8) is 0 Å². The molecule has 0 atom stereocenters. The van der Waals surface area contributed by atoms with E-state index in [9.17, 15) is 9.59 Å². The molecule has 0 saturated carbocycles. The first-order valence-corrected chi connectivity index (χ1v) is 6.86. The van der Waals surface area contributed by atoms with Gasteiger partial charge in [0.25, 0.3) is 0 Å². The highest BCUT2D eigenvalue weighted by Crippen LogP contribution is 2.11. The van der Waals surface area contributed by atoms with E-state index in [1.54, 1.807) is 24.3 Å². The summed E-state index contributed by atoms with van der Waals surface area (Å²) >= 11 is 0. The Morgan fingerprint density at radius 1 is 1.30 bits per heavy atom. The zero-order chi connectivity index (χ0) is 14.4. The number of nitrogens with one attached hydrogen (secondary N) is 1. The van der Waals surface area contributed by atoms with E-state index in [0.29, 0.717) is 17.7 Å². The highest BCUT2D eigenvalue weighted by molar-refractivity contribution is 5.97. The second kappa shape index (κ2) is 7.17. The molecule has 1 amide bonds. The Labute approximate surface area is 118 Å². The third-order valence-corrected chi connectivity index (χ3v) is 3.31. The Bertz CT molecular complexity index is 482. The van der Waals surface area contributed by atoms with Gasteiger partial charge in [-0.3, -0.25) is 14.5 Å². The number of nitrogens with zero attached hydrogens (tertiary/aromatic N) is 1. The monoisotopic (exact) mass is 276 g/mol. The molecule has 1 aromatic carbocycles. The Hall–Kier alpha value is -1.72. The van der Waals surface area contributed by atoms with Crippen molar-refractivity contribution < 1.29 is 14.3 Å². The average Bonchev–Trinajstić information content (AvgIpc) is 2.46. The molecule has 1 aliphatic heterocycles. The maximum Gasteiger partial charge on any atom is 0.225 e. The van der Waals surface area contributed by atoms with Crippen molar-refractivity contribution in [2.45, 2.75) is 13.3 Å². The maximum absolute atomic E-state index is 11.9. The predicted octanol–water partition coefficient (Wildman–Crippen LogP) is 1.55. The first-order chi connectivity index (χ1) is 9.65. The van der Waals surface area contributed by atoms with Gasteiger partial charge in [0, 0.05) is 37.3 Å². The largest absolute Gasteiger partial charge is 0.379 e. The lowest BCUT2D eigenvalue weighted by atomic mass is 10.1. The van der Waals surface area contributed by atoms with Crippen LogP contribution in [0.4, 0.5) is 5.69 Å². The molecule has 0 aromatic heterocycles. The number of rotatable bonds is 5. The van der Waals surface area contributed by atoms with Crippen LogP contribution in [0.15, 0.2) is 24.3 Å². The molecule has 1 heterocycles. The van der Waals surface area contributed by atoms with Crippen LogP contribution in [-0.2, 0) is 9.53 Å². The first-order valence-electron chi connectivity index (χ1n) is 6.86. The van der Waals surface area contributed by atoms with Crippen molar-refractivity contribution in [2.75, 3.05) is 38.2 Å². The van der Waals surface area contributed by atoms with Crippen LogP contribution < -0.4 is 5.32 Å². The number of anilines is 1. The summed E-state index contributed by atoms with van der Waals surface area (Å²) in [5.74, 6) is -0.0355. The van der Waals surface area contributed by atoms with Gasteiger partial charge in [0.05, 0.1) is 13.2 Å². The van der Waals surface area contributed by atoms with E-state index in [2.05, 4.69) is 10.2 Å². The second-order valence-corrected chi connectivity index (χ2v) is 4.89. The number of carbonyl (C=O) groups is 2. The van der Waals surface area contributed by atoms with E-state index in [0.717, 1.165) is 32.8 Å². The van der Waals surface area contributed by atoms with Crippen molar-refractivity contribution >= 4 is 17.4 Å². The molecule has 0 unspecified atom stereocenters. The molecule has 1 aliphatic rings. The zero-order valence-electron chi connectivity index (χ0n) is 11.7. The van der Waals surface area contributed by atoms with Crippen LogP contribution in [0.25, 0.3) is 0 Å². The average molecular weight is 276 g/mol. The minimum atomic E-state index is -0.0304. The van der Waals surface area contributed by atoms with Crippen molar-refractivity contribution in [3.05, 3.63) is 29.8 Å². The minimum absolute atomic E-state index is 0.00517. The number of hydrogen-bond acceptors (Lipinski definition) is 4. The summed E-state index contributed by atoms with van der Waals surface area (Å²) < 4.78 is 5.26. The molecule has 0 spiro atoms. The van der Waals surface area contributed by atoms with Gasteiger partial charge >= 0.3 is 0 Å². The molecular weight excluding hydrogens is 256 g/mol. The molecule has 1 N–H and O–H groups in total. The third kappa shape index (κ3) is 4.43. The molecule has 2 rings (SSSR count). The molecule has 0 aliphatic carbocycles. The molecular formula is C15H20N2O3. The van der Waals surface area contributed by atoms with Gasteiger partial charge in [-0.25, -0.2) is 0 Å². The van der Waals surface area contributed by atoms with Gasteiger partial charge in [0.15, 0.2) is 5.78 Å². The molecule has 20 heavy (non-hydrogen) atoms. The van der Waals surface area contributed by atoms with Gasteiger partial charge in [-0.2, -0.15) is 0 Å². The van der Waals surface area contributed by atoms with Gasteiger partial charge < -0.3 is 10.1 Å². The van der Waals surface area contributed by atoms with E-state index in [1.165, 1.54) is 6.92 Å². The van der Waals surface area contributed by atoms with Gasteiger partial charge in [-0.05, 0) is 19.1 Å². The van der Waals surface area contributed by atoms with Crippen LogP contribution >= 0.6 is 0 Å². The van der Waals surface area contributed by atoms with Crippen LogP contribution in [0.5, 0.6) is 0 Å². The number of carbonyl (C=O) groups excluding carboxylic acids is 2. The van der Waals surface area contributed by atoms with Crippen molar-refractivity contribution in [1.82, 2.24) is 4.90 Å². The van der Waals surface area contributed by atoms with E-state index in [-0.39, 0.29) is 11.7 Å². The van der Waals surface area contributed by atoms with E-state index in [1.807, 2.05) is 0 Å². The molecule has 108 valence electrons. The highest BCUT2D eigenvalue weighted by Gasteiger charge is 2.12. The fraction of sp³-hybridized carbons (Fsp3) is 0.467. The summed E-state index contributed by atoms with van der Waals surface area (Å²) in [6, 6.07) is 7.01. The number of benzene rings is 1. The van der Waals surface area contributed by atoms with Gasteiger partial charge in [-0.1, -0.05) is 12.1 Å². The molecule has 5 heteroatoms. The highest BCUT2D eigenvalue weighted by atomic mass is 16.5. The van der Waals surface area contributed by atoms with Crippen LogP contribution in [-0.4, -0.2) is 49.4 Å². The molecule has 0 bridgehead atoms. The van der Waals surface area contributed by atoms with E-state index < -0.39 is 0 Å². The summed E-state index contributed by atoms with van der Waals surface area (Å²) in [5, 5.41) is 2.83. The standard InChI is InChI=1S/C15H20N2O3/c1-12(18)13-3-2-4-14(11-13)16-15(19)5-6-17-7-9-20-10-8-17/h2-4,11H,5-10H2,1H3,(H,16,19). The SMILES string of the molecule is CC(=O)c1cccc(NC(=O)CCN2CCOCC2)c1. The quantitative estimate of drug-likeness (QED) is 0.829. The molecule has 1 aromatic rings. The zero-order valence-corrected chi connectivity index (χ0v) is 11.7. The van der Waals surface area contributed by atoms with Crippen LogP contribution in [0.3, 0.4) is 0 Å². The van der Waals surface area contributed by atoms with E-state index in [4.69, 9.17) is 4.74 Å². The lowest BCUT2D eigenvalue weighted by molar-refractivity contribution is -0.116. The minimum Gasteiger partial charge on any atom is -0.379 e. The lowest BCUT2D eigenvalue weighted by Crippen LogP contribution is -2.38. The van der Waals surface area contributed by atoms with Gasteiger partial charge in [-0.15, -0.1) is 0 Å². The Kier molecular flexibility index (Phi) is 5.26. The number of ether oxygens (including phenoxy) is 1. The molecule has 0 radical (unpaired) electrons. The van der Waals surface area contributed by atoms with Crippen molar-refractivity contribution in [3.8, 4) is 0 Å². The lowest BCUT2D eigenvalue weighted by Gasteiger charge is -2.26. The summed E-state index contributed by atoms with van der Waals surface area (Å²) in [6.07, 6.45) is 0.449. The third-order valence-electron chi connectivity index (χ3n) is 3.31.